The monoisotopic (exact) mass is 372 g/mol. The molecule has 1 aliphatic rings. The summed E-state index contributed by atoms with van der Waals surface area (Å²) in [5, 5.41) is 5.15. The van der Waals surface area contributed by atoms with E-state index >= 15 is 0 Å². The molecule has 2 amide bonds. The fraction of sp³-hybridized carbons (Fsp3) is 0.263. The number of benzene rings is 2. The van der Waals surface area contributed by atoms with Gasteiger partial charge in [-0.05, 0) is 24.3 Å². The molecule has 8 heteroatoms. The summed E-state index contributed by atoms with van der Waals surface area (Å²) in [5.41, 5.74) is 0. The lowest BCUT2D eigenvalue weighted by Crippen LogP contribution is -2.40. The molecule has 0 saturated heterocycles. The van der Waals surface area contributed by atoms with Crippen LogP contribution in [0.15, 0.2) is 48.5 Å². The molecule has 0 aliphatic carbocycles. The van der Waals surface area contributed by atoms with Gasteiger partial charge in [0.25, 0.3) is 5.91 Å². The van der Waals surface area contributed by atoms with E-state index in [0.29, 0.717) is 29.5 Å². The molecule has 2 aromatic carbocycles. The van der Waals surface area contributed by atoms with E-state index < -0.39 is 0 Å². The summed E-state index contributed by atoms with van der Waals surface area (Å²) in [5.74, 6) is 1.86. The van der Waals surface area contributed by atoms with Crippen molar-refractivity contribution in [2.45, 2.75) is 0 Å². The third kappa shape index (κ3) is 5.81. The van der Waals surface area contributed by atoms with Gasteiger partial charge in [0.15, 0.2) is 18.1 Å². The van der Waals surface area contributed by atoms with E-state index in [-0.39, 0.29) is 38.4 Å². The Labute approximate surface area is 156 Å². The van der Waals surface area contributed by atoms with Crippen molar-refractivity contribution >= 4 is 11.8 Å². The predicted octanol–water partition coefficient (Wildman–Crippen LogP) is 1.11. The SMILES string of the molecule is O=C(CNC(=O)COc1ccccc1)NCCOc1ccc2c(c1)OCO2. The van der Waals surface area contributed by atoms with Gasteiger partial charge in [-0.2, -0.15) is 0 Å². The van der Waals surface area contributed by atoms with Crippen LogP contribution in [-0.4, -0.2) is 44.9 Å². The lowest BCUT2D eigenvalue weighted by atomic mass is 10.3. The molecule has 0 aromatic heterocycles. The number of carbonyl (C=O) groups excluding carboxylic acids is 2. The Morgan fingerprint density at radius 2 is 1.70 bits per heavy atom. The smallest absolute Gasteiger partial charge is 0.258 e. The van der Waals surface area contributed by atoms with Crippen molar-refractivity contribution in [1.82, 2.24) is 10.6 Å². The fourth-order valence-electron chi connectivity index (χ4n) is 2.28. The van der Waals surface area contributed by atoms with Gasteiger partial charge in [-0.25, -0.2) is 0 Å². The molecule has 1 aliphatic heterocycles. The van der Waals surface area contributed by atoms with Crippen LogP contribution in [0.5, 0.6) is 23.0 Å². The molecule has 8 nitrogen and oxygen atoms in total. The van der Waals surface area contributed by atoms with E-state index in [0.717, 1.165) is 0 Å². The number of amides is 2. The Balaban J connectivity index is 1.27. The van der Waals surface area contributed by atoms with Crippen molar-refractivity contribution in [3.05, 3.63) is 48.5 Å². The van der Waals surface area contributed by atoms with Crippen LogP contribution in [0.3, 0.4) is 0 Å². The van der Waals surface area contributed by atoms with E-state index in [1.54, 1.807) is 30.3 Å². The molecule has 2 aromatic rings. The summed E-state index contributed by atoms with van der Waals surface area (Å²) in [6.07, 6.45) is 0. The Morgan fingerprint density at radius 3 is 2.56 bits per heavy atom. The molecule has 2 N–H and O–H groups in total. The Morgan fingerprint density at radius 1 is 0.889 bits per heavy atom. The van der Waals surface area contributed by atoms with Crippen molar-refractivity contribution in [2.75, 3.05) is 33.1 Å². The second-order valence-electron chi connectivity index (χ2n) is 5.59. The molecule has 142 valence electrons. The van der Waals surface area contributed by atoms with Crippen LogP contribution >= 0.6 is 0 Å². The molecule has 0 fully saturated rings. The van der Waals surface area contributed by atoms with Crippen LogP contribution in [-0.2, 0) is 9.59 Å². The molecule has 0 radical (unpaired) electrons. The zero-order chi connectivity index (χ0) is 18.9. The number of nitrogens with one attached hydrogen (secondary N) is 2. The highest BCUT2D eigenvalue weighted by Crippen LogP contribution is 2.34. The highest BCUT2D eigenvalue weighted by atomic mass is 16.7. The first-order chi connectivity index (χ1) is 13.2. The lowest BCUT2D eigenvalue weighted by molar-refractivity contribution is -0.127. The summed E-state index contributed by atoms with van der Waals surface area (Å²) in [6, 6.07) is 14.2. The van der Waals surface area contributed by atoms with Gasteiger partial charge in [-0.1, -0.05) is 18.2 Å². The van der Waals surface area contributed by atoms with Gasteiger partial charge in [-0.3, -0.25) is 9.59 Å². The van der Waals surface area contributed by atoms with Gasteiger partial charge >= 0.3 is 0 Å². The zero-order valence-electron chi connectivity index (χ0n) is 14.6. The van der Waals surface area contributed by atoms with E-state index in [2.05, 4.69) is 10.6 Å². The van der Waals surface area contributed by atoms with Gasteiger partial charge < -0.3 is 29.6 Å². The van der Waals surface area contributed by atoms with E-state index in [9.17, 15) is 9.59 Å². The second-order valence-corrected chi connectivity index (χ2v) is 5.59. The molecular weight excluding hydrogens is 352 g/mol. The van der Waals surface area contributed by atoms with Crippen LogP contribution < -0.4 is 29.6 Å². The van der Waals surface area contributed by atoms with E-state index in [4.69, 9.17) is 18.9 Å². The summed E-state index contributed by atoms with van der Waals surface area (Å²) < 4.78 is 21.3. The van der Waals surface area contributed by atoms with Gasteiger partial charge in [-0.15, -0.1) is 0 Å². The lowest BCUT2D eigenvalue weighted by Gasteiger charge is -2.09. The summed E-state index contributed by atoms with van der Waals surface area (Å²) in [4.78, 5) is 23.4. The predicted molar refractivity (Wildman–Crippen MR) is 96.0 cm³/mol. The summed E-state index contributed by atoms with van der Waals surface area (Å²) >= 11 is 0. The number of fused-ring (bicyclic) bond motifs is 1. The minimum atomic E-state index is -0.370. The number of carbonyl (C=O) groups is 2. The average Bonchev–Trinajstić information content (AvgIpc) is 3.17. The Bertz CT molecular complexity index is 781. The molecule has 0 spiro atoms. The van der Waals surface area contributed by atoms with E-state index in [1.165, 1.54) is 0 Å². The zero-order valence-corrected chi connectivity index (χ0v) is 14.6. The molecule has 0 atom stereocenters. The first kappa shape index (κ1) is 18.4. The molecular formula is C19H20N2O6. The summed E-state index contributed by atoms with van der Waals surface area (Å²) in [7, 11) is 0. The first-order valence-corrected chi connectivity index (χ1v) is 8.44. The topological polar surface area (TPSA) is 95.1 Å². The third-order valence-electron chi connectivity index (χ3n) is 3.60. The minimum Gasteiger partial charge on any atom is -0.492 e. The van der Waals surface area contributed by atoms with Crippen molar-refractivity contribution in [2.24, 2.45) is 0 Å². The standard InChI is InChI=1S/C19H20N2O6/c22-18(11-21-19(23)12-25-14-4-2-1-3-5-14)20-8-9-24-15-6-7-16-17(10-15)27-13-26-16/h1-7,10H,8-9,11-13H2,(H,20,22)(H,21,23). The van der Waals surface area contributed by atoms with Crippen molar-refractivity contribution in [3.8, 4) is 23.0 Å². The van der Waals surface area contributed by atoms with Crippen LogP contribution in [0.4, 0.5) is 0 Å². The molecule has 1 heterocycles. The van der Waals surface area contributed by atoms with Crippen molar-refractivity contribution in [1.29, 1.82) is 0 Å². The molecule has 0 bridgehead atoms. The maximum Gasteiger partial charge on any atom is 0.258 e. The quantitative estimate of drug-likeness (QED) is 0.640. The van der Waals surface area contributed by atoms with Crippen LogP contribution in [0, 0.1) is 0 Å². The molecule has 0 unspecified atom stereocenters. The molecule has 27 heavy (non-hydrogen) atoms. The third-order valence-corrected chi connectivity index (χ3v) is 3.60. The molecule has 3 rings (SSSR count). The minimum absolute atomic E-state index is 0.124. The maximum absolute atomic E-state index is 11.7. The van der Waals surface area contributed by atoms with E-state index in [1.807, 2.05) is 18.2 Å². The Kier molecular flexibility index (Phi) is 6.35. The average molecular weight is 372 g/mol. The number of ether oxygens (including phenoxy) is 4. The maximum atomic E-state index is 11.7. The molecule has 0 saturated carbocycles. The van der Waals surface area contributed by atoms with Crippen LogP contribution in [0.25, 0.3) is 0 Å². The first-order valence-electron chi connectivity index (χ1n) is 8.44. The fourth-order valence-corrected chi connectivity index (χ4v) is 2.28. The second kappa shape index (κ2) is 9.33. The summed E-state index contributed by atoms with van der Waals surface area (Å²) in [6.45, 7) is 0.530. The van der Waals surface area contributed by atoms with Gasteiger partial charge in [0.1, 0.15) is 18.1 Å². The van der Waals surface area contributed by atoms with Crippen LogP contribution in [0.1, 0.15) is 0 Å². The largest absolute Gasteiger partial charge is 0.492 e. The highest BCUT2D eigenvalue weighted by molar-refractivity contribution is 5.85. The number of hydrogen-bond donors (Lipinski definition) is 2. The number of para-hydroxylation sites is 1. The van der Waals surface area contributed by atoms with Crippen molar-refractivity contribution < 1.29 is 28.5 Å². The van der Waals surface area contributed by atoms with Crippen molar-refractivity contribution in [3.63, 3.8) is 0 Å². The number of hydrogen-bond acceptors (Lipinski definition) is 6. The normalized spacial score (nSPS) is 11.6. The van der Waals surface area contributed by atoms with Gasteiger partial charge in [0.05, 0.1) is 13.1 Å². The Hall–Kier alpha value is -3.42. The van der Waals surface area contributed by atoms with Crippen LogP contribution in [0.2, 0.25) is 0 Å². The number of rotatable bonds is 9. The van der Waals surface area contributed by atoms with Gasteiger partial charge in [0, 0.05) is 6.07 Å². The van der Waals surface area contributed by atoms with Gasteiger partial charge in [0.2, 0.25) is 12.7 Å². The highest BCUT2D eigenvalue weighted by Gasteiger charge is 2.13.